The Morgan fingerprint density at radius 3 is 2.87 bits per heavy atom. The van der Waals surface area contributed by atoms with Gasteiger partial charge in [0.05, 0.1) is 13.2 Å². The molecule has 7 nitrogen and oxygen atoms in total. The Balaban J connectivity index is 0.00000320. The van der Waals surface area contributed by atoms with Crippen LogP contribution in [-0.4, -0.2) is 38.2 Å². The SMILES string of the molecule is CCNC(=NCc1cccc(OCC(N)=O)c1)NCCc1ccc2c(c1)CCO2.I. The van der Waals surface area contributed by atoms with Gasteiger partial charge in [-0.05, 0) is 48.2 Å². The normalized spacial score (nSPS) is 12.4. The molecule has 0 saturated heterocycles. The van der Waals surface area contributed by atoms with Gasteiger partial charge in [-0.15, -0.1) is 24.0 Å². The van der Waals surface area contributed by atoms with E-state index in [1.807, 2.05) is 25.1 Å². The molecule has 0 unspecified atom stereocenters. The molecule has 162 valence electrons. The zero-order valence-corrected chi connectivity index (χ0v) is 19.5. The third kappa shape index (κ3) is 7.40. The molecule has 0 aromatic heterocycles. The number of carbonyl (C=O) groups excluding carboxylic acids is 1. The second kappa shape index (κ2) is 12.3. The van der Waals surface area contributed by atoms with Crippen molar-refractivity contribution in [2.45, 2.75) is 26.3 Å². The molecule has 2 aromatic rings. The van der Waals surface area contributed by atoms with E-state index in [1.54, 1.807) is 6.07 Å². The van der Waals surface area contributed by atoms with Crippen molar-refractivity contribution in [2.75, 3.05) is 26.3 Å². The van der Waals surface area contributed by atoms with Crippen LogP contribution in [0.4, 0.5) is 0 Å². The number of nitrogens with zero attached hydrogens (tertiary/aromatic N) is 1. The molecule has 0 atom stereocenters. The van der Waals surface area contributed by atoms with E-state index in [9.17, 15) is 4.79 Å². The number of guanidine groups is 1. The number of carbonyl (C=O) groups is 1. The standard InChI is InChI=1S/C22H28N4O3.HI/c1-2-24-22(25-10-8-16-6-7-20-18(12-16)9-11-28-20)26-14-17-4-3-5-19(13-17)29-15-21(23)27;/h3-7,12-13H,2,8-11,14-15H2,1H3,(H2,23,27)(H2,24,25,26);1H. The van der Waals surface area contributed by atoms with Crippen molar-refractivity contribution in [3.05, 3.63) is 59.2 Å². The van der Waals surface area contributed by atoms with Crippen LogP contribution in [0.25, 0.3) is 0 Å². The van der Waals surface area contributed by atoms with Crippen LogP contribution in [0.2, 0.25) is 0 Å². The molecule has 3 rings (SSSR count). The number of benzene rings is 2. The summed E-state index contributed by atoms with van der Waals surface area (Å²) in [5, 5.41) is 6.64. The molecule has 30 heavy (non-hydrogen) atoms. The molecule has 1 amide bonds. The van der Waals surface area contributed by atoms with Gasteiger partial charge >= 0.3 is 0 Å². The molecule has 0 bridgehead atoms. The maximum absolute atomic E-state index is 10.9. The fraction of sp³-hybridized carbons (Fsp3) is 0.364. The molecule has 2 aromatic carbocycles. The molecule has 0 saturated carbocycles. The van der Waals surface area contributed by atoms with Crippen LogP contribution >= 0.6 is 24.0 Å². The lowest BCUT2D eigenvalue weighted by Crippen LogP contribution is -2.38. The summed E-state index contributed by atoms with van der Waals surface area (Å²) in [5.74, 6) is 1.89. The summed E-state index contributed by atoms with van der Waals surface area (Å²) in [6.07, 6.45) is 1.90. The first-order valence-electron chi connectivity index (χ1n) is 9.91. The van der Waals surface area contributed by atoms with Gasteiger partial charge in [-0.3, -0.25) is 4.79 Å². The van der Waals surface area contributed by atoms with E-state index in [4.69, 9.17) is 15.2 Å². The Morgan fingerprint density at radius 1 is 1.20 bits per heavy atom. The van der Waals surface area contributed by atoms with Crippen molar-refractivity contribution in [3.8, 4) is 11.5 Å². The third-order valence-electron chi connectivity index (χ3n) is 4.50. The number of halogens is 1. The maximum atomic E-state index is 10.9. The maximum Gasteiger partial charge on any atom is 0.255 e. The van der Waals surface area contributed by atoms with Crippen LogP contribution in [0, 0.1) is 0 Å². The Labute approximate surface area is 194 Å². The number of rotatable bonds is 9. The number of fused-ring (bicyclic) bond motifs is 1. The summed E-state index contributed by atoms with van der Waals surface area (Å²) >= 11 is 0. The molecule has 4 N–H and O–H groups in total. The summed E-state index contributed by atoms with van der Waals surface area (Å²) in [7, 11) is 0. The zero-order chi connectivity index (χ0) is 20.5. The Hall–Kier alpha value is -2.49. The second-order valence-corrected chi connectivity index (χ2v) is 6.81. The number of primary amides is 1. The van der Waals surface area contributed by atoms with E-state index in [0.29, 0.717) is 12.3 Å². The van der Waals surface area contributed by atoms with Gasteiger partial charge in [0.25, 0.3) is 5.91 Å². The lowest BCUT2D eigenvalue weighted by molar-refractivity contribution is -0.119. The predicted octanol–water partition coefficient (Wildman–Crippen LogP) is 2.40. The van der Waals surface area contributed by atoms with Crippen molar-refractivity contribution < 1.29 is 14.3 Å². The predicted molar refractivity (Wildman–Crippen MR) is 129 cm³/mol. The van der Waals surface area contributed by atoms with Crippen LogP contribution in [0.1, 0.15) is 23.6 Å². The van der Waals surface area contributed by atoms with Gasteiger partial charge in [-0.1, -0.05) is 24.3 Å². The highest BCUT2D eigenvalue weighted by atomic mass is 127. The zero-order valence-electron chi connectivity index (χ0n) is 17.1. The number of nitrogens with one attached hydrogen (secondary N) is 2. The summed E-state index contributed by atoms with van der Waals surface area (Å²) in [4.78, 5) is 15.5. The van der Waals surface area contributed by atoms with Gasteiger partial charge < -0.3 is 25.8 Å². The first-order chi connectivity index (χ1) is 14.1. The molecule has 1 aliphatic rings. The molecular formula is C22H29IN4O3. The number of aliphatic imine (C=N–C) groups is 1. The average Bonchev–Trinajstić information content (AvgIpc) is 3.19. The summed E-state index contributed by atoms with van der Waals surface area (Å²) in [5.41, 5.74) is 8.69. The smallest absolute Gasteiger partial charge is 0.255 e. The van der Waals surface area contributed by atoms with Gasteiger partial charge in [0.15, 0.2) is 12.6 Å². The van der Waals surface area contributed by atoms with Gasteiger partial charge in [0.1, 0.15) is 11.5 Å². The number of ether oxygens (including phenoxy) is 2. The molecule has 0 spiro atoms. The van der Waals surface area contributed by atoms with Crippen molar-refractivity contribution in [1.82, 2.24) is 10.6 Å². The first kappa shape index (κ1) is 23.8. The summed E-state index contributed by atoms with van der Waals surface area (Å²) in [6, 6.07) is 13.9. The van der Waals surface area contributed by atoms with Crippen LogP contribution in [0.15, 0.2) is 47.5 Å². The minimum Gasteiger partial charge on any atom is -0.493 e. The number of amides is 1. The Bertz CT molecular complexity index is 873. The molecule has 0 radical (unpaired) electrons. The topological polar surface area (TPSA) is 98.0 Å². The highest BCUT2D eigenvalue weighted by Gasteiger charge is 2.11. The fourth-order valence-electron chi connectivity index (χ4n) is 3.12. The van der Waals surface area contributed by atoms with E-state index < -0.39 is 5.91 Å². The number of hydrogen-bond donors (Lipinski definition) is 3. The van der Waals surface area contributed by atoms with Gasteiger partial charge in [-0.2, -0.15) is 0 Å². The molecular weight excluding hydrogens is 495 g/mol. The fourth-order valence-corrected chi connectivity index (χ4v) is 3.12. The first-order valence-corrected chi connectivity index (χ1v) is 9.91. The lowest BCUT2D eigenvalue weighted by Gasteiger charge is -2.12. The van der Waals surface area contributed by atoms with Gasteiger partial charge in [0.2, 0.25) is 0 Å². The molecule has 0 fully saturated rings. The third-order valence-corrected chi connectivity index (χ3v) is 4.50. The van der Waals surface area contributed by atoms with Crippen LogP contribution in [-0.2, 0) is 24.2 Å². The van der Waals surface area contributed by atoms with E-state index >= 15 is 0 Å². The second-order valence-electron chi connectivity index (χ2n) is 6.81. The van der Waals surface area contributed by atoms with E-state index in [-0.39, 0.29) is 30.6 Å². The van der Waals surface area contributed by atoms with Crippen molar-refractivity contribution in [2.24, 2.45) is 10.7 Å². The Kier molecular flexibility index (Phi) is 9.72. The van der Waals surface area contributed by atoms with Crippen LogP contribution in [0.3, 0.4) is 0 Å². The summed E-state index contributed by atoms with van der Waals surface area (Å²) < 4.78 is 10.9. The molecule has 0 aliphatic carbocycles. The summed E-state index contributed by atoms with van der Waals surface area (Å²) in [6.45, 7) is 4.75. The minimum atomic E-state index is -0.497. The average molecular weight is 524 g/mol. The molecule has 1 aliphatic heterocycles. The van der Waals surface area contributed by atoms with E-state index in [2.05, 4.69) is 33.8 Å². The van der Waals surface area contributed by atoms with Gasteiger partial charge in [-0.25, -0.2) is 4.99 Å². The van der Waals surface area contributed by atoms with Crippen LogP contribution < -0.4 is 25.8 Å². The molecule has 8 heteroatoms. The number of hydrogen-bond acceptors (Lipinski definition) is 4. The number of nitrogens with two attached hydrogens (primary N) is 1. The van der Waals surface area contributed by atoms with Crippen molar-refractivity contribution >= 4 is 35.8 Å². The van der Waals surface area contributed by atoms with E-state index in [1.165, 1.54) is 11.1 Å². The van der Waals surface area contributed by atoms with E-state index in [0.717, 1.165) is 49.8 Å². The lowest BCUT2D eigenvalue weighted by atomic mass is 10.1. The van der Waals surface area contributed by atoms with Crippen LogP contribution in [0.5, 0.6) is 11.5 Å². The monoisotopic (exact) mass is 524 g/mol. The van der Waals surface area contributed by atoms with Crippen molar-refractivity contribution in [1.29, 1.82) is 0 Å². The van der Waals surface area contributed by atoms with Gasteiger partial charge in [0, 0.05) is 19.5 Å². The highest BCUT2D eigenvalue weighted by Crippen LogP contribution is 2.25. The largest absolute Gasteiger partial charge is 0.493 e. The quantitative estimate of drug-likeness (QED) is 0.266. The molecule has 1 heterocycles. The highest BCUT2D eigenvalue weighted by molar-refractivity contribution is 14.0. The van der Waals surface area contributed by atoms with Crippen molar-refractivity contribution in [3.63, 3.8) is 0 Å². The Morgan fingerprint density at radius 2 is 2.07 bits per heavy atom. The minimum absolute atomic E-state index is 0.